The van der Waals surface area contributed by atoms with Gasteiger partial charge in [-0.15, -0.1) is 0 Å². The smallest absolute Gasteiger partial charge is 0.243 e. The molecule has 3 heterocycles. The Kier molecular flexibility index (Phi) is 5.24. The van der Waals surface area contributed by atoms with E-state index in [0.29, 0.717) is 35.0 Å². The van der Waals surface area contributed by atoms with Gasteiger partial charge >= 0.3 is 0 Å². The average Bonchev–Trinajstić information content (AvgIpc) is 2.73. The third-order valence-corrected chi connectivity index (χ3v) is 9.29. The summed E-state index contributed by atoms with van der Waals surface area (Å²) in [5.41, 5.74) is 1.97. The number of hydrogen-bond donors (Lipinski definition) is 1. The molecule has 5 rings (SSSR count). The standard InChI is InChI=1S/C23H31N3O3S/c1-16(27)24-20-7-9-21(10-8-20)30(28,29)26-12-4-5-17-13-18-14-19(23(17)26)15-25-11-3-2-6-22(18)25/h7-10,13,18-19,22-23H,2-6,11-12,14-15H2,1H3,(H,24,27)/t18-,19-,22+,23+/m0/s1. The van der Waals surface area contributed by atoms with Crippen molar-refractivity contribution in [1.82, 2.24) is 9.21 Å². The molecule has 0 saturated carbocycles. The topological polar surface area (TPSA) is 69.7 Å². The highest BCUT2D eigenvalue weighted by Crippen LogP contribution is 2.46. The van der Waals surface area contributed by atoms with Crippen molar-refractivity contribution >= 4 is 21.6 Å². The highest BCUT2D eigenvalue weighted by atomic mass is 32.2. The highest BCUT2D eigenvalue weighted by Gasteiger charge is 2.48. The molecule has 1 aromatic rings. The van der Waals surface area contributed by atoms with Crippen LogP contribution in [0.4, 0.5) is 5.69 Å². The number of amides is 1. The fraction of sp³-hybridized carbons (Fsp3) is 0.609. The number of hydrogen-bond acceptors (Lipinski definition) is 4. The Labute approximate surface area is 179 Å². The van der Waals surface area contributed by atoms with Crippen LogP contribution >= 0.6 is 0 Å². The Morgan fingerprint density at radius 3 is 2.67 bits per heavy atom. The van der Waals surface area contributed by atoms with Crippen molar-refractivity contribution in [1.29, 1.82) is 0 Å². The van der Waals surface area contributed by atoms with E-state index in [2.05, 4.69) is 16.3 Å². The molecule has 3 fully saturated rings. The van der Waals surface area contributed by atoms with Crippen LogP contribution in [0.15, 0.2) is 40.8 Å². The second-order valence-electron chi connectivity index (χ2n) is 9.33. The highest BCUT2D eigenvalue weighted by molar-refractivity contribution is 7.89. The molecule has 0 aromatic heterocycles. The van der Waals surface area contributed by atoms with Crippen LogP contribution in [-0.2, 0) is 14.8 Å². The predicted molar refractivity (Wildman–Crippen MR) is 117 cm³/mol. The molecule has 0 spiro atoms. The van der Waals surface area contributed by atoms with Gasteiger partial charge in [-0.2, -0.15) is 4.31 Å². The van der Waals surface area contributed by atoms with Gasteiger partial charge in [0.25, 0.3) is 0 Å². The quantitative estimate of drug-likeness (QED) is 0.749. The normalized spacial score (nSPS) is 32.0. The molecule has 7 heteroatoms. The van der Waals surface area contributed by atoms with E-state index in [0.717, 1.165) is 32.4 Å². The van der Waals surface area contributed by atoms with Gasteiger partial charge in [-0.3, -0.25) is 9.69 Å². The Bertz CT molecular complexity index is 956. The van der Waals surface area contributed by atoms with Gasteiger partial charge in [0, 0.05) is 31.7 Å². The number of carbonyl (C=O) groups is 1. The summed E-state index contributed by atoms with van der Waals surface area (Å²) in [7, 11) is -3.58. The molecule has 162 valence electrons. The number of piperidine rings is 3. The SMILES string of the molecule is CC(=O)Nc1ccc(S(=O)(=O)N2CCCC3=C[C@H]4C[C@@H](CN5CCCC[C@H]45)[C@@H]32)cc1. The summed E-state index contributed by atoms with van der Waals surface area (Å²) in [6, 6.07) is 7.24. The van der Waals surface area contributed by atoms with Crippen LogP contribution in [0, 0.1) is 11.8 Å². The molecular weight excluding hydrogens is 398 g/mol. The molecule has 4 atom stereocenters. The first-order chi connectivity index (χ1) is 14.4. The predicted octanol–water partition coefficient (Wildman–Crippen LogP) is 3.23. The first kappa shape index (κ1) is 20.2. The molecule has 4 aliphatic rings. The minimum Gasteiger partial charge on any atom is -0.326 e. The largest absolute Gasteiger partial charge is 0.326 e. The summed E-state index contributed by atoms with van der Waals surface area (Å²) in [5, 5.41) is 2.70. The van der Waals surface area contributed by atoms with E-state index in [1.54, 1.807) is 28.6 Å². The number of nitrogens with one attached hydrogen (secondary N) is 1. The maximum atomic E-state index is 13.6. The Morgan fingerprint density at radius 2 is 1.90 bits per heavy atom. The van der Waals surface area contributed by atoms with Crippen LogP contribution in [0.1, 0.15) is 45.4 Å². The maximum absolute atomic E-state index is 13.6. The molecule has 1 amide bonds. The molecule has 3 saturated heterocycles. The Hall–Kier alpha value is -1.70. The molecule has 0 radical (unpaired) electrons. The van der Waals surface area contributed by atoms with Crippen molar-refractivity contribution < 1.29 is 13.2 Å². The van der Waals surface area contributed by atoms with Crippen molar-refractivity contribution in [3.8, 4) is 0 Å². The van der Waals surface area contributed by atoms with Gasteiger partial charge in [0.15, 0.2) is 0 Å². The van der Waals surface area contributed by atoms with Gasteiger partial charge in [0.1, 0.15) is 0 Å². The fourth-order valence-corrected chi connectivity index (χ4v) is 7.97. The van der Waals surface area contributed by atoms with Crippen LogP contribution in [-0.4, -0.2) is 55.2 Å². The average molecular weight is 430 g/mol. The van der Waals surface area contributed by atoms with Gasteiger partial charge in [-0.25, -0.2) is 8.42 Å². The van der Waals surface area contributed by atoms with Crippen molar-refractivity contribution in [3.63, 3.8) is 0 Å². The minimum absolute atomic E-state index is 0.00195. The molecule has 1 aliphatic carbocycles. The van der Waals surface area contributed by atoms with Gasteiger partial charge in [-0.05, 0) is 74.8 Å². The molecule has 6 nitrogen and oxygen atoms in total. The minimum atomic E-state index is -3.58. The zero-order valence-corrected chi connectivity index (χ0v) is 18.4. The van der Waals surface area contributed by atoms with Crippen molar-refractivity contribution in [3.05, 3.63) is 35.9 Å². The lowest BCUT2D eigenvalue weighted by Gasteiger charge is -2.54. The molecule has 1 N–H and O–H groups in total. The van der Waals surface area contributed by atoms with Crippen LogP contribution in [0.2, 0.25) is 0 Å². The fourth-order valence-electron chi connectivity index (χ4n) is 6.24. The molecule has 2 bridgehead atoms. The Morgan fingerprint density at radius 1 is 1.10 bits per heavy atom. The van der Waals surface area contributed by atoms with Gasteiger partial charge < -0.3 is 5.32 Å². The zero-order valence-electron chi connectivity index (χ0n) is 17.6. The van der Waals surface area contributed by atoms with E-state index < -0.39 is 10.0 Å². The number of rotatable bonds is 3. The van der Waals surface area contributed by atoms with Crippen molar-refractivity contribution in [2.45, 2.75) is 62.4 Å². The second-order valence-corrected chi connectivity index (χ2v) is 11.2. The van der Waals surface area contributed by atoms with E-state index in [4.69, 9.17) is 0 Å². The summed E-state index contributed by atoms with van der Waals surface area (Å²) in [5.74, 6) is 0.814. The summed E-state index contributed by atoms with van der Waals surface area (Å²) in [4.78, 5) is 14.2. The lowest BCUT2D eigenvalue weighted by atomic mass is 9.68. The lowest BCUT2D eigenvalue weighted by molar-refractivity contribution is -0.114. The third-order valence-electron chi connectivity index (χ3n) is 7.39. The lowest BCUT2D eigenvalue weighted by Crippen LogP contribution is -2.59. The number of sulfonamides is 1. The molecular formula is C23H31N3O3S. The van der Waals surface area contributed by atoms with Crippen molar-refractivity contribution in [2.75, 3.05) is 25.0 Å². The first-order valence-electron chi connectivity index (χ1n) is 11.3. The van der Waals surface area contributed by atoms with Gasteiger partial charge in [0.05, 0.1) is 10.9 Å². The van der Waals surface area contributed by atoms with Crippen LogP contribution in [0.3, 0.4) is 0 Å². The summed E-state index contributed by atoms with van der Waals surface area (Å²) in [6.45, 7) is 4.21. The van der Waals surface area contributed by atoms with Crippen LogP contribution in [0.25, 0.3) is 0 Å². The van der Waals surface area contributed by atoms with E-state index >= 15 is 0 Å². The number of fused-ring (bicyclic) bond motifs is 6. The Balaban J connectivity index is 1.44. The first-order valence-corrected chi connectivity index (χ1v) is 12.7. The van der Waals surface area contributed by atoms with E-state index in [-0.39, 0.29) is 11.9 Å². The number of benzene rings is 1. The second kappa shape index (κ2) is 7.77. The number of anilines is 1. The zero-order chi connectivity index (χ0) is 20.9. The monoisotopic (exact) mass is 429 g/mol. The third kappa shape index (κ3) is 3.51. The summed E-state index contributed by atoms with van der Waals surface area (Å²) in [6.07, 6.45) is 9.35. The van der Waals surface area contributed by atoms with E-state index in [1.165, 1.54) is 31.8 Å². The van der Waals surface area contributed by atoms with Crippen LogP contribution < -0.4 is 5.32 Å². The van der Waals surface area contributed by atoms with E-state index in [9.17, 15) is 13.2 Å². The molecule has 30 heavy (non-hydrogen) atoms. The summed E-state index contributed by atoms with van der Waals surface area (Å²) < 4.78 is 29.0. The number of carbonyl (C=O) groups excluding carboxylic acids is 1. The van der Waals surface area contributed by atoms with Crippen LogP contribution in [0.5, 0.6) is 0 Å². The molecule has 1 aromatic carbocycles. The van der Waals surface area contributed by atoms with E-state index in [1.807, 2.05) is 0 Å². The van der Waals surface area contributed by atoms with Crippen molar-refractivity contribution in [2.24, 2.45) is 11.8 Å². The summed E-state index contributed by atoms with van der Waals surface area (Å²) >= 11 is 0. The van der Waals surface area contributed by atoms with Gasteiger partial charge in [-0.1, -0.05) is 18.1 Å². The van der Waals surface area contributed by atoms with Gasteiger partial charge in [0.2, 0.25) is 15.9 Å². The molecule has 3 aliphatic heterocycles. The maximum Gasteiger partial charge on any atom is 0.243 e. The number of nitrogens with zero attached hydrogens (tertiary/aromatic N) is 2. The molecule has 0 unspecified atom stereocenters.